The van der Waals surface area contributed by atoms with Crippen LogP contribution in [-0.4, -0.2) is 59.8 Å². The maximum absolute atomic E-state index is 11.5. The lowest BCUT2D eigenvalue weighted by atomic mass is 10.3. The van der Waals surface area contributed by atoms with E-state index in [4.69, 9.17) is 0 Å². The van der Waals surface area contributed by atoms with Crippen LogP contribution in [-0.2, 0) is 10.0 Å². The van der Waals surface area contributed by atoms with E-state index in [2.05, 4.69) is 15.0 Å². The average Bonchev–Trinajstić information content (AvgIpc) is 2.85. The summed E-state index contributed by atoms with van der Waals surface area (Å²) in [6, 6.07) is 3.85. The van der Waals surface area contributed by atoms with Gasteiger partial charge in [-0.2, -0.15) is 13.9 Å². The minimum absolute atomic E-state index is 0.503. The van der Waals surface area contributed by atoms with Gasteiger partial charge < -0.3 is 4.90 Å². The summed E-state index contributed by atoms with van der Waals surface area (Å²) in [7, 11) is -3.10. The van der Waals surface area contributed by atoms with Crippen molar-refractivity contribution in [2.75, 3.05) is 37.3 Å². The molecule has 0 atom stereocenters. The summed E-state index contributed by atoms with van der Waals surface area (Å²) >= 11 is 0. The molecule has 20 heavy (non-hydrogen) atoms. The Bertz CT molecular complexity index is 731. The molecule has 3 heterocycles. The summed E-state index contributed by atoms with van der Waals surface area (Å²) in [4.78, 5) is 6.56. The van der Waals surface area contributed by atoms with E-state index >= 15 is 0 Å². The Morgan fingerprint density at radius 2 is 1.90 bits per heavy atom. The van der Waals surface area contributed by atoms with Crippen molar-refractivity contribution in [1.29, 1.82) is 0 Å². The molecule has 2 aromatic heterocycles. The van der Waals surface area contributed by atoms with Gasteiger partial charge in [-0.25, -0.2) is 13.4 Å². The molecule has 0 amide bonds. The third-order valence-electron chi connectivity index (χ3n) is 3.50. The first-order valence-electron chi connectivity index (χ1n) is 6.46. The highest BCUT2D eigenvalue weighted by atomic mass is 32.2. The number of fused-ring (bicyclic) bond motifs is 1. The third kappa shape index (κ3) is 2.36. The Labute approximate surface area is 117 Å². The van der Waals surface area contributed by atoms with E-state index in [0.717, 1.165) is 17.2 Å². The van der Waals surface area contributed by atoms with Gasteiger partial charge in [-0.3, -0.25) is 0 Å². The molecular weight excluding hydrogens is 278 g/mol. The summed E-state index contributed by atoms with van der Waals surface area (Å²) in [6.07, 6.45) is 2.98. The highest BCUT2D eigenvalue weighted by Crippen LogP contribution is 2.19. The van der Waals surface area contributed by atoms with E-state index in [1.165, 1.54) is 10.6 Å². The molecule has 0 bridgehead atoms. The van der Waals surface area contributed by atoms with Crippen molar-refractivity contribution in [3.63, 3.8) is 0 Å². The van der Waals surface area contributed by atoms with Crippen LogP contribution >= 0.6 is 0 Å². The van der Waals surface area contributed by atoms with E-state index < -0.39 is 10.0 Å². The van der Waals surface area contributed by atoms with E-state index in [1.807, 2.05) is 19.1 Å². The van der Waals surface area contributed by atoms with Gasteiger partial charge in [0.25, 0.3) is 0 Å². The van der Waals surface area contributed by atoms with E-state index in [1.54, 1.807) is 10.7 Å². The van der Waals surface area contributed by atoms with Gasteiger partial charge in [0.2, 0.25) is 10.0 Å². The molecule has 1 fully saturated rings. The van der Waals surface area contributed by atoms with Gasteiger partial charge in [-0.15, -0.1) is 0 Å². The lowest BCUT2D eigenvalue weighted by Gasteiger charge is -2.34. The van der Waals surface area contributed by atoms with Crippen LogP contribution in [0.15, 0.2) is 18.3 Å². The Morgan fingerprint density at radius 1 is 1.20 bits per heavy atom. The van der Waals surface area contributed by atoms with Gasteiger partial charge in [0.15, 0.2) is 5.65 Å². The molecule has 1 aliphatic heterocycles. The Kier molecular flexibility index (Phi) is 3.14. The molecule has 0 spiro atoms. The molecule has 1 aliphatic rings. The Balaban J connectivity index is 1.89. The fraction of sp³-hybridized carbons (Fsp3) is 0.500. The average molecular weight is 295 g/mol. The topological polar surface area (TPSA) is 70.8 Å². The predicted molar refractivity (Wildman–Crippen MR) is 76.4 cm³/mol. The molecular formula is C12H17N5O2S. The molecule has 0 aliphatic carbocycles. The number of hydrogen-bond acceptors (Lipinski definition) is 5. The quantitative estimate of drug-likeness (QED) is 0.787. The van der Waals surface area contributed by atoms with Gasteiger partial charge >= 0.3 is 0 Å². The fourth-order valence-electron chi connectivity index (χ4n) is 2.49. The Morgan fingerprint density at radius 3 is 2.55 bits per heavy atom. The van der Waals surface area contributed by atoms with Crippen LogP contribution in [0.25, 0.3) is 5.65 Å². The molecule has 0 unspecified atom stereocenters. The summed E-state index contributed by atoms with van der Waals surface area (Å²) in [5.41, 5.74) is 1.74. The number of rotatable bonds is 2. The molecule has 0 aromatic carbocycles. The largest absolute Gasteiger partial charge is 0.354 e. The summed E-state index contributed by atoms with van der Waals surface area (Å²) in [5.74, 6) is 0.964. The number of aromatic nitrogens is 3. The van der Waals surface area contributed by atoms with Crippen LogP contribution < -0.4 is 4.90 Å². The number of aryl methyl sites for hydroxylation is 1. The molecule has 108 valence electrons. The number of nitrogens with zero attached hydrogens (tertiary/aromatic N) is 5. The second-order valence-corrected chi connectivity index (χ2v) is 6.99. The van der Waals surface area contributed by atoms with Crippen LogP contribution in [0.4, 0.5) is 5.82 Å². The highest BCUT2D eigenvalue weighted by molar-refractivity contribution is 7.88. The van der Waals surface area contributed by atoms with E-state index in [-0.39, 0.29) is 0 Å². The SMILES string of the molecule is Cc1cc(N2CCN(S(C)(=O)=O)CC2)n2nccc2n1. The molecule has 0 saturated carbocycles. The highest BCUT2D eigenvalue weighted by Gasteiger charge is 2.24. The first-order chi connectivity index (χ1) is 9.45. The molecule has 0 N–H and O–H groups in total. The van der Waals surface area contributed by atoms with Crippen molar-refractivity contribution >= 4 is 21.5 Å². The van der Waals surface area contributed by atoms with Crippen LogP contribution in [0, 0.1) is 6.92 Å². The lowest BCUT2D eigenvalue weighted by molar-refractivity contribution is 0.386. The molecule has 0 radical (unpaired) electrons. The standard InChI is InChI=1S/C12H17N5O2S/c1-10-9-12(17-11(14-10)3-4-13-17)15-5-7-16(8-6-15)20(2,18)19/h3-4,9H,5-8H2,1-2H3. The van der Waals surface area contributed by atoms with E-state index in [9.17, 15) is 8.42 Å². The zero-order chi connectivity index (χ0) is 14.3. The first-order valence-corrected chi connectivity index (χ1v) is 8.31. The second-order valence-electron chi connectivity index (χ2n) is 5.01. The van der Waals surface area contributed by atoms with Gasteiger partial charge in [0.05, 0.1) is 12.5 Å². The monoisotopic (exact) mass is 295 g/mol. The van der Waals surface area contributed by atoms with Gasteiger partial charge in [0.1, 0.15) is 5.82 Å². The number of piperazine rings is 1. The van der Waals surface area contributed by atoms with Crippen molar-refractivity contribution in [3.8, 4) is 0 Å². The third-order valence-corrected chi connectivity index (χ3v) is 4.80. The molecule has 3 rings (SSSR count). The normalized spacial score (nSPS) is 17.8. The first kappa shape index (κ1) is 13.3. The van der Waals surface area contributed by atoms with Crippen molar-refractivity contribution in [1.82, 2.24) is 18.9 Å². The van der Waals surface area contributed by atoms with Gasteiger partial charge in [-0.05, 0) is 6.92 Å². The van der Waals surface area contributed by atoms with Crippen LogP contribution in [0.3, 0.4) is 0 Å². The zero-order valence-electron chi connectivity index (χ0n) is 11.5. The zero-order valence-corrected chi connectivity index (χ0v) is 12.3. The maximum atomic E-state index is 11.5. The van der Waals surface area contributed by atoms with Gasteiger partial charge in [-0.1, -0.05) is 0 Å². The maximum Gasteiger partial charge on any atom is 0.211 e. The molecule has 2 aromatic rings. The number of sulfonamides is 1. The lowest BCUT2D eigenvalue weighted by Crippen LogP contribution is -2.48. The van der Waals surface area contributed by atoms with Crippen LogP contribution in [0.2, 0.25) is 0 Å². The van der Waals surface area contributed by atoms with Crippen molar-refractivity contribution in [3.05, 3.63) is 24.0 Å². The predicted octanol–water partition coefficient (Wildman–Crippen LogP) is 0.119. The van der Waals surface area contributed by atoms with Crippen LogP contribution in [0.5, 0.6) is 0 Å². The van der Waals surface area contributed by atoms with Crippen molar-refractivity contribution < 1.29 is 8.42 Å². The van der Waals surface area contributed by atoms with E-state index in [0.29, 0.717) is 26.2 Å². The van der Waals surface area contributed by atoms with Gasteiger partial charge in [0, 0.05) is 44.0 Å². The van der Waals surface area contributed by atoms with Crippen LogP contribution in [0.1, 0.15) is 5.69 Å². The second kappa shape index (κ2) is 4.71. The van der Waals surface area contributed by atoms with Crippen molar-refractivity contribution in [2.24, 2.45) is 0 Å². The summed E-state index contributed by atoms with van der Waals surface area (Å²) in [5, 5.41) is 4.28. The number of hydrogen-bond donors (Lipinski definition) is 0. The Hall–Kier alpha value is -1.67. The minimum Gasteiger partial charge on any atom is -0.354 e. The fourth-order valence-corrected chi connectivity index (χ4v) is 3.32. The summed E-state index contributed by atoms with van der Waals surface area (Å²) < 4.78 is 26.4. The smallest absolute Gasteiger partial charge is 0.211 e. The molecule has 7 nitrogen and oxygen atoms in total. The summed E-state index contributed by atoms with van der Waals surface area (Å²) in [6.45, 7) is 4.27. The minimum atomic E-state index is -3.10. The van der Waals surface area contributed by atoms with Crippen molar-refractivity contribution in [2.45, 2.75) is 6.92 Å². The number of anilines is 1. The molecule has 8 heteroatoms. The molecule has 1 saturated heterocycles.